The van der Waals surface area contributed by atoms with Crippen molar-refractivity contribution in [2.45, 2.75) is 30.9 Å². The van der Waals surface area contributed by atoms with Crippen LogP contribution >= 0.6 is 0 Å². The number of likely N-dealkylation sites (N-methyl/N-ethyl adjacent to an activating group) is 1. The second-order valence-electron chi connectivity index (χ2n) is 6.36. The standard InChI is InChI=1S/C17H26N2O2/c1-18(15-5-3-2-4-6-15)16-13-17(21-14-16)7-9-19(10-8-17)11-12-20/h2-6,16,20H,7-14H2,1H3/t16-/m0/s1. The summed E-state index contributed by atoms with van der Waals surface area (Å²) in [5, 5.41) is 9.04. The monoisotopic (exact) mass is 290 g/mol. The SMILES string of the molecule is CN(c1ccccc1)[C@@H]1COC2(CCN(CCO)CC2)C1. The Balaban J connectivity index is 1.58. The fourth-order valence-corrected chi connectivity index (χ4v) is 3.62. The zero-order valence-corrected chi connectivity index (χ0v) is 12.9. The molecule has 1 spiro atoms. The lowest BCUT2D eigenvalue weighted by molar-refractivity contribution is -0.0451. The topological polar surface area (TPSA) is 35.9 Å². The largest absolute Gasteiger partial charge is 0.395 e. The van der Waals surface area contributed by atoms with E-state index in [1.807, 2.05) is 0 Å². The molecule has 1 N–H and O–H groups in total. The first-order valence-electron chi connectivity index (χ1n) is 7.97. The van der Waals surface area contributed by atoms with Gasteiger partial charge in [-0.2, -0.15) is 0 Å². The third kappa shape index (κ3) is 3.23. The number of aliphatic hydroxyl groups excluding tert-OH is 1. The maximum absolute atomic E-state index is 9.04. The molecule has 1 atom stereocenters. The molecule has 1 aromatic rings. The highest BCUT2D eigenvalue weighted by Gasteiger charge is 2.43. The minimum Gasteiger partial charge on any atom is -0.395 e. The van der Waals surface area contributed by atoms with Gasteiger partial charge in [0.05, 0.1) is 24.9 Å². The summed E-state index contributed by atoms with van der Waals surface area (Å²) in [6, 6.07) is 11.0. The molecule has 2 heterocycles. The second-order valence-corrected chi connectivity index (χ2v) is 6.36. The van der Waals surface area contributed by atoms with Crippen LogP contribution in [-0.2, 0) is 4.74 Å². The predicted octanol–water partition coefficient (Wildman–Crippen LogP) is 1.74. The fourth-order valence-electron chi connectivity index (χ4n) is 3.62. The molecule has 0 radical (unpaired) electrons. The van der Waals surface area contributed by atoms with Crippen LogP contribution < -0.4 is 4.90 Å². The number of hydrogen-bond donors (Lipinski definition) is 1. The summed E-state index contributed by atoms with van der Waals surface area (Å²) in [7, 11) is 2.17. The lowest BCUT2D eigenvalue weighted by atomic mass is 9.87. The third-order valence-electron chi connectivity index (χ3n) is 5.08. The number of aliphatic hydroxyl groups is 1. The van der Waals surface area contributed by atoms with Gasteiger partial charge in [0, 0.05) is 32.4 Å². The summed E-state index contributed by atoms with van der Waals surface area (Å²) in [5.74, 6) is 0. The number of likely N-dealkylation sites (tertiary alicyclic amines) is 1. The molecule has 0 unspecified atom stereocenters. The average Bonchev–Trinajstić information content (AvgIpc) is 2.94. The van der Waals surface area contributed by atoms with E-state index in [0.29, 0.717) is 6.04 Å². The molecule has 2 saturated heterocycles. The summed E-state index contributed by atoms with van der Waals surface area (Å²) in [5.41, 5.74) is 1.33. The first kappa shape index (κ1) is 14.8. The second kappa shape index (κ2) is 6.34. The molecule has 0 amide bonds. The van der Waals surface area contributed by atoms with Gasteiger partial charge in [0.1, 0.15) is 0 Å². The maximum atomic E-state index is 9.04. The van der Waals surface area contributed by atoms with Crippen molar-refractivity contribution in [3.8, 4) is 0 Å². The molecule has 1 aromatic carbocycles. The van der Waals surface area contributed by atoms with Gasteiger partial charge < -0.3 is 19.6 Å². The number of rotatable bonds is 4. The van der Waals surface area contributed by atoms with Crippen LogP contribution in [0.5, 0.6) is 0 Å². The van der Waals surface area contributed by atoms with Gasteiger partial charge in [-0.15, -0.1) is 0 Å². The number of benzene rings is 1. The van der Waals surface area contributed by atoms with Crippen LogP contribution in [0.3, 0.4) is 0 Å². The van der Waals surface area contributed by atoms with E-state index in [1.165, 1.54) is 5.69 Å². The van der Waals surface area contributed by atoms with Crippen molar-refractivity contribution in [3.05, 3.63) is 30.3 Å². The Morgan fingerprint density at radius 3 is 2.67 bits per heavy atom. The Labute approximate surface area is 127 Å². The van der Waals surface area contributed by atoms with E-state index in [4.69, 9.17) is 9.84 Å². The minimum atomic E-state index is 0.0691. The molecule has 2 fully saturated rings. The van der Waals surface area contributed by atoms with Gasteiger partial charge in [-0.1, -0.05) is 18.2 Å². The molecular weight excluding hydrogens is 264 g/mol. The van der Waals surface area contributed by atoms with Crippen molar-refractivity contribution < 1.29 is 9.84 Å². The van der Waals surface area contributed by atoms with E-state index in [-0.39, 0.29) is 12.2 Å². The van der Waals surface area contributed by atoms with Crippen LogP contribution in [0.15, 0.2) is 30.3 Å². The lowest BCUT2D eigenvalue weighted by Crippen LogP contribution is -2.45. The van der Waals surface area contributed by atoms with E-state index in [0.717, 1.165) is 45.5 Å². The molecule has 0 aliphatic carbocycles. The molecule has 0 aromatic heterocycles. The smallest absolute Gasteiger partial charge is 0.0728 e. The predicted molar refractivity (Wildman–Crippen MR) is 84.7 cm³/mol. The van der Waals surface area contributed by atoms with Gasteiger partial charge in [-0.3, -0.25) is 0 Å². The van der Waals surface area contributed by atoms with Crippen LogP contribution in [0.2, 0.25) is 0 Å². The lowest BCUT2D eigenvalue weighted by Gasteiger charge is -2.38. The molecular formula is C17H26N2O2. The van der Waals surface area contributed by atoms with E-state index < -0.39 is 0 Å². The Hall–Kier alpha value is -1.10. The van der Waals surface area contributed by atoms with Gasteiger partial charge in [0.25, 0.3) is 0 Å². The van der Waals surface area contributed by atoms with Crippen LogP contribution in [0.25, 0.3) is 0 Å². The minimum absolute atomic E-state index is 0.0691. The fraction of sp³-hybridized carbons (Fsp3) is 0.647. The van der Waals surface area contributed by atoms with Crippen molar-refractivity contribution in [2.24, 2.45) is 0 Å². The highest BCUT2D eigenvalue weighted by atomic mass is 16.5. The summed E-state index contributed by atoms with van der Waals surface area (Å²) in [6.45, 7) is 3.96. The van der Waals surface area contributed by atoms with Crippen molar-refractivity contribution in [2.75, 3.05) is 44.8 Å². The molecule has 4 heteroatoms. The third-order valence-corrected chi connectivity index (χ3v) is 5.08. The number of para-hydroxylation sites is 1. The van der Waals surface area contributed by atoms with Crippen LogP contribution in [-0.4, -0.2) is 61.5 Å². The number of anilines is 1. The highest BCUT2D eigenvalue weighted by Crippen LogP contribution is 2.38. The van der Waals surface area contributed by atoms with Gasteiger partial charge in [-0.05, 0) is 31.4 Å². The number of ether oxygens (including phenoxy) is 1. The number of hydrogen-bond acceptors (Lipinski definition) is 4. The van der Waals surface area contributed by atoms with Crippen LogP contribution in [0.1, 0.15) is 19.3 Å². The average molecular weight is 290 g/mol. The Morgan fingerprint density at radius 1 is 1.29 bits per heavy atom. The summed E-state index contributed by atoms with van der Waals surface area (Å²) in [6.07, 6.45) is 3.30. The summed E-state index contributed by atoms with van der Waals surface area (Å²) < 4.78 is 6.23. The number of β-amino-alcohol motifs (C(OH)–C–C–N with tert-alkyl or cyclic N) is 1. The van der Waals surface area contributed by atoms with E-state index >= 15 is 0 Å². The van der Waals surface area contributed by atoms with Gasteiger partial charge in [0.15, 0.2) is 0 Å². The Kier molecular flexibility index (Phi) is 4.48. The quantitative estimate of drug-likeness (QED) is 0.916. The number of nitrogens with zero attached hydrogens (tertiary/aromatic N) is 2. The zero-order chi connectivity index (χ0) is 14.7. The van der Waals surface area contributed by atoms with Gasteiger partial charge >= 0.3 is 0 Å². The Morgan fingerprint density at radius 2 is 2.00 bits per heavy atom. The molecule has 3 rings (SSSR count). The zero-order valence-electron chi connectivity index (χ0n) is 12.9. The molecule has 2 aliphatic rings. The van der Waals surface area contributed by atoms with E-state index in [1.54, 1.807) is 0 Å². The highest BCUT2D eigenvalue weighted by molar-refractivity contribution is 5.46. The van der Waals surface area contributed by atoms with E-state index in [9.17, 15) is 0 Å². The van der Waals surface area contributed by atoms with Crippen molar-refractivity contribution in [1.29, 1.82) is 0 Å². The molecule has 116 valence electrons. The maximum Gasteiger partial charge on any atom is 0.0728 e. The normalized spacial score (nSPS) is 25.3. The first-order chi connectivity index (χ1) is 10.2. The van der Waals surface area contributed by atoms with E-state index in [2.05, 4.69) is 47.2 Å². The molecule has 2 aliphatic heterocycles. The van der Waals surface area contributed by atoms with Crippen molar-refractivity contribution in [3.63, 3.8) is 0 Å². The van der Waals surface area contributed by atoms with Crippen LogP contribution in [0, 0.1) is 0 Å². The first-order valence-corrected chi connectivity index (χ1v) is 7.97. The van der Waals surface area contributed by atoms with Crippen molar-refractivity contribution >= 4 is 5.69 Å². The molecule has 21 heavy (non-hydrogen) atoms. The Bertz CT molecular complexity index is 443. The van der Waals surface area contributed by atoms with Gasteiger partial charge in [0.2, 0.25) is 0 Å². The van der Waals surface area contributed by atoms with Gasteiger partial charge in [-0.25, -0.2) is 0 Å². The summed E-state index contributed by atoms with van der Waals surface area (Å²) >= 11 is 0. The summed E-state index contributed by atoms with van der Waals surface area (Å²) in [4.78, 5) is 4.69. The van der Waals surface area contributed by atoms with Crippen LogP contribution in [0.4, 0.5) is 5.69 Å². The molecule has 0 saturated carbocycles. The number of piperidine rings is 1. The molecule has 4 nitrogen and oxygen atoms in total. The molecule has 0 bridgehead atoms. The van der Waals surface area contributed by atoms with Crippen molar-refractivity contribution in [1.82, 2.24) is 4.90 Å².